The molecule has 1 heterocycles. The van der Waals surface area contributed by atoms with E-state index in [9.17, 15) is 18.0 Å². The number of nitrogens with two attached hydrogens (primary N) is 1. The van der Waals surface area contributed by atoms with Crippen molar-refractivity contribution in [3.8, 4) is 5.75 Å². The maximum atomic E-state index is 13.4. The second kappa shape index (κ2) is 13.9. The van der Waals surface area contributed by atoms with Crippen LogP contribution in [0, 0.1) is 5.41 Å². The second-order valence-electron chi connectivity index (χ2n) is 9.48. The lowest BCUT2D eigenvalue weighted by Crippen LogP contribution is -2.37. The van der Waals surface area contributed by atoms with Crippen molar-refractivity contribution in [2.45, 2.75) is 25.9 Å². The Labute approximate surface area is 235 Å². The molecule has 12 heteroatoms. The largest absolute Gasteiger partial charge is 0.489 e. The summed E-state index contributed by atoms with van der Waals surface area (Å²) in [6.45, 7) is 3.13. The van der Waals surface area contributed by atoms with Crippen LogP contribution in [0.5, 0.6) is 5.75 Å². The number of nitrogen functional groups attached to an aromatic ring is 1. The van der Waals surface area contributed by atoms with Gasteiger partial charge in [0.25, 0.3) is 5.91 Å². The van der Waals surface area contributed by atoms with E-state index in [1.54, 1.807) is 69.6 Å². The van der Waals surface area contributed by atoms with Crippen LogP contribution in [0.3, 0.4) is 0 Å². The van der Waals surface area contributed by atoms with Gasteiger partial charge < -0.3 is 25.4 Å². The lowest BCUT2D eigenvalue weighted by molar-refractivity contribution is -0.139. The number of nitrogens with one attached hydrogen (secondary N) is 2. The van der Waals surface area contributed by atoms with Crippen LogP contribution in [0.15, 0.2) is 48.5 Å². The topological polar surface area (TPSA) is 155 Å². The molecule has 1 amide bonds. The van der Waals surface area contributed by atoms with Gasteiger partial charge in [-0.1, -0.05) is 30.4 Å². The number of anilines is 1. The minimum absolute atomic E-state index is 0.0466. The van der Waals surface area contributed by atoms with E-state index >= 15 is 0 Å². The van der Waals surface area contributed by atoms with Crippen LogP contribution in [0.25, 0.3) is 6.08 Å². The van der Waals surface area contributed by atoms with Crippen molar-refractivity contribution in [3.05, 3.63) is 65.2 Å². The highest BCUT2D eigenvalue weighted by Crippen LogP contribution is 2.30. The SMILES string of the molecule is CCOC(=O)CS(=O)(=O)N(CC=Cc1cccc(C(=N)N)c1)c1ccc(OC2CCNCC2)c(C(=O)N(C)C)c1. The van der Waals surface area contributed by atoms with Crippen molar-refractivity contribution in [1.82, 2.24) is 10.2 Å². The molecule has 4 N–H and O–H groups in total. The number of amidine groups is 1. The Morgan fingerprint density at radius 3 is 2.52 bits per heavy atom. The second-order valence-corrected chi connectivity index (χ2v) is 11.4. The summed E-state index contributed by atoms with van der Waals surface area (Å²) in [5.74, 6) is -1.79. The average Bonchev–Trinajstić information content (AvgIpc) is 2.91. The van der Waals surface area contributed by atoms with Crippen molar-refractivity contribution < 1.29 is 27.5 Å². The Morgan fingerprint density at radius 2 is 1.88 bits per heavy atom. The Hall–Kier alpha value is -3.90. The van der Waals surface area contributed by atoms with Crippen LogP contribution in [-0.2, 0) is 19.6 Å². The molecule has 0 bridgehead atoms. The van der Waals surface area contributed by atoms with Crippen LogP contribution in [0.1, 0.15) is 41.3 Å². The molecule has 0 atom stereocenters. The van der Waals surface area contributed by atoms with Crippen molar-refractivity contribution in [3.63, 3.8) is 0 Å². The number of piperidine rings is 1. The van der Waals surface area contributed by atoms with E-state index in [-0.39, 0.29) is 42.2 Å². The lowest BCUT2D eigenvalue weighted by atomic mass is 10.1. The smallest absolute Gasteiger partial charge is 0.323 e. The Kier molecular flexibility index (Phi) is 10.7. The van der Waals surface area contributed by atoms with Gasteiger partial charge in [0, 0.05) is 19.7 Å². The molecule has 0 spiro atoms. The number of benzene rings is 2. The summed E-state index contributed by atoms with van der Waals surface area (Å²) in [5, 5.41) is 10.9. The maximum Gasteiger partial charge on any atom is 0.323 e. The first kappa shape index (κ1) is 30.6. The van der Waals surface area contributed by atoms with Gasteiger partial charge in [-0.15, -0.1) is 0 Å². The molecule has 11 nitrogen and oxygen atoms in total. The number of rotatable bonds is 12. The molecule has 1 aliphatic heterocycles. The highest BCUT2D eigenvalue weighted by atomic mass is 32.2. The highest BCUT2D eigenvalue weighted by molar-refractivity contribution is 7.93. The molecular formula is C28H37N5O6S. The summed E-state index contributed by atoms with van der Waals surface area (Å²) in [7, 11) is -0.981. The first-order valence-corrected chi connectivity index (χ1v) is 14.6. The molecule has 3 rings (SSSR count). The molecule has 40 heavy (non-hydrogen) atoms. The molecule has 2 aromatic rings. The van der Waals surface area contributed by atoms with Crippen LogP contribution in [-0.4, -0.2) is 83.2 Å². The van der Waals surface area contributed by atoms with Crippen molar-refractivity contribution >= 4 is 39.5 Å². The highest BCUT2D eigenvalue weighted by Gasteiger charge is 2.28. The van der Waals surface area contributed by atoms with Crippen molar-refractivity contribution in [1.29, 1.82) is 5.41 Å². The first-order valence-electron chi connectivity index (χ1n) is 13.0. The molecule has 0 aromatic heterocycles. The number of hydrogen-bond acceptors (Lipinski definition) is 8. The van der Waals surface area contributed by atoms with E-state index in [4.69, 9.17) is 20.6 Å². The molecular weight excluding hydrogens is 534 g/mol. The fraction of sp³-hybridized carbons (Fsp3) is 0.393. The Bertz CT molecular complexity index is 1350. The quantitative estimate of drug-likeness (QED) is 0.199. The van der Waals surface area contributed by atoms with Crippen molar-refractivity contribution in [2.75, 3.05) is 50.4 Å². The van der Waals surface area contributed by atoms with Gasteiger partial charge in [-0.05, 0) is 62.7 Å². The van der Waals surface area contributed by atoms with Gasteiger partial charge in [0.05, 0.1) is 24.4 Å². The minimum Gasteiger partial charge on any atom is -0.489 e. The molecule has 0 aliphatic carbocycles. The summed E-state index contributed by atoms with van der Waals surface area (Å²) >= 11 is 0. The Balaban J connectivity index is 2.00. The van der Waals surface area contributed by atoms with Gasteiger partial charge >= 0.3 is 5.97 Å². The van der Waals surface area contributed by atoms with Crippen LogP contribution >= 0.6 is 0 Å². The van der Waals surface area contributed by atoms with E-state index < -0.39 is 21.7 Å². The van der Waals surface area contributed by atoms with Gasteiger partial charge in [-0.3, -0.25) is 19.3 Å². The minimum atomic E-state index is -4.20. The third kappa shape index (κ3) is 8.30. The fourth-order valence-corrected chi connectivity index (χ4v) is 5.47. The fourth-order valence-electron chi connectivity index (χ4n) is 4.18. The van der Waals surface area contributed by atoms with E-state index in [0.29, 0.717) is 16.9 Å². The number of hydrogen-bond donors (Lipinski definition) is 3. The Morgan fingerprint density at radius 1 is 1.15 bits per heavy atom. The zero-order valence-electron chi connectivity index (χ0n) is 23.1. The van der Waals surface area contributed by atoms with Gasteiger partial charge in [0.1, 0.15) is 17.7 Å². The predicted octanol–water partition coefficient (Wildman–Crippen LogP) is 2.22. The number of ether oxygens (including phenoxy) is 2. The number of carbonyl (C=O) groups excluding carboxylic acids is 2. The third-order valence-electron chi connectivity index (χ3n) is 6.19. The maximum absolute atomic E-state index is 13.4. The average molecular weight is 572 g/mol. The molecule has 216 valence electrons. The van der Waals surface area contributed by atoms with Gasteiger partial charge in [0.15, 0.2) is 5.75 Å². The summed E-state index contributed by atoms with van der Waals surface area (Å²) in [4.78, 5) is 26.7. The number of carbonyl (C=O) groups is 2. The van der Waals surface area contributed by atoms with Crippen LogP contribution in [0.4, 0.5) is 5.69 Å². The zero-order chi connectivity index (χ0) is 29.3. The normalized spacial score (nSPS) is 14.1. The molecule has 1 fully saturated rings. The van der Waals surface area contributed by atoms with Crippen molar-refractivity contribution in [2.24, 2.45) is 5.73 Å². The predicted molar refractivity (Wildman–Crippen MR) is 155 cm³/mol. The molecule has 0 unspecified atom stereocenters. The van der Waals surface area contributed by atoms with E-state index in [0.717, 1.165) is 30.2 Å². The first-order chi connectivity index (χ1) is 19.0. The van der Waals surface area contributed by atoms with Crippen LogP contribution < -0.4 is 20.1 Å². The molecule has 2 aromatic carbocycles. The summed E-state index contributed by atoms with van der Waals surface area (Å²) < 4.78 is 39.0. The summed E-state index contributed by atoms with van der Waals surface area (Å²) in [5.41, 5.74) is 7.24. The van der Waals surface area contributed by atoms with E-state index in [1.807, 2.05) is 0 Å². The number of esters is 1. The van der Waals surface area contributed by atoms with Gasteiger partial charge in [-0.25, -0.2) is 8.42 Å². The van der Waals surface area contributed by atoms with E-state index in [1.165, 1.54) is 11.0 Å². The lowest BCUT2D eigenvalue weighted by Gasteiger charge is -2.27. The number of nitrogens with zero attached hydrogens (tertiary/aromatic N) is 2. The zero-order valence-corrected chi connectivity index (χ0v) is 23.9. The molecule has 1 aliphatic rings. The standard InChI is InChI=1S/C28H37N5O6S/c1-4-38-26(34)19-40(36,37)33(16-6-8-20-7-5-9-21(17-20)27(29)30)22-10-11-25(24(18-22)28(35)32(2)3)39-23-12-14-31-15-13-23/h5-11,17-18,23,31H,4,12-16,19H2,1-3H3,(H3,29,30). The summed E-state index contributed by atoms with van der Waals surface area (Å²) in [6.07, 6.45) is 4.81. The number of amides is 1. The molecule has 0 radical (unpaired) electrons. The van der Waals surface area contributed by atoms with Crippen LogP contribution in [0.2, 0.25) is 0 Å². The van der Waals surface area contributed by atoms with E-state index in [2.05, 4.69) is 5.32 Å². The summed E-state index contributed by atoms with van der Waals surface area (Å²) in [6, 6.07) is 11.6. The van der Waals surface area contributed by atoms with Gasteiger partial charge in [0.2, 0.25) is 10.0 Å². The molecule has 0 saturated carbocycles. The molecule has 1 saturated heterocycles. The van der Waals surface area contributed by atoms with Gasteiger partial charge in [-0.2, -0.15) is 0 Å². The number of sulfonamides is 1. The monoisotopic (exact) mass is 571 g/mol. The third-order valence-corrected chi connectivity index (χ3v) is 7.82.